The van der Waals surface area contributed by atoms with Gasteiger partial charge in [-0.15, -0.1) is 0 Å². The smallest absolute Gasteiger partial charge is 0.255 e. The molecule has 0 atom stereocenters. The number of hydrogen-bond acceptors (Lipinski definition) is 5. The maximum absolute atomic E-state index is 12.2. The summed E-state index contributed by atoms with van der Waals surface area (Å²) in [5.74, 6) is -0.200. The van der Waals surface area contributed by atoms with Gasteiger partial charge in [0.05, 0.1) is 25.4 Å². The van der Waals surface area contributed by atoms with E-state index in [0.717, 1.165) is 0 Å². The summed E-state index contributed by atoms with van der Waals surface area (Å²) in [6, 6.07) is 6.54. The molecule has 0 radical (unpaired) electrons. The van der Waals surface area contributed by atoms with E-state index in [0.29, 0.717) is 5.75 Å². The fraction of sp³-hybridized carbons (Fsp3) is 0.357. The zero-order chi connectivity index (χ0) is 15.0. The molecule has 6 nitrogen and oxygen atoms in total. The molecular weight excluding hydrogens is 262 g/mol. The summed E-state index contributed by atoms with van der Waals surface area (Å²) in [4.78, 5) is 12.2. The minimum atomic E-state index is -1.47. The van der Waals surface area contributed by atoms with Crippen molar-refractivity contribution in [2.75, 3.05) is 26.4 Å². The Labute approximate surface area is 117 Å². The van der Waals surface area contributed by atoms with Crippen molar-refractivity contribution in [3.05, 3.63) is 42.5 Å². The Morgan fingerprint density at radius 1 is 1.25 bits per heavy atom. The molecule has 0 aliphatic rings. The van der Waals surface area contributed by atoms with Gasteiger partial charge in [0, 0.05) is 0 Å². The second-order valence-corrected chi connectivity index (χ2v) is 4.30. The Balaban J connectivity index is 2.94. The van der Waals surface area contributed by atoms with Crippen molar-refractivity contribution in [3.63, 3.8) is 0 Å². The molecule has 1 rings (SSSR count). The number of hydrogen-bond donors (Lipinski definition) is 4. The number of carbonyl (C=O) groups excluding carboxylic acids is 1. The monoisotopic (exact) mass is 281 g/mol. The lowest BCUT2D eigenvalue weighted by molar-refractivity contribution is 0.0374. The normalized spacial score (nSPS) is 10.9. The maximum atomic E-state index is 12.2. The van der Waals surface area contributed by atoms with Crippen molar-refractivity contribution >= 4 is 5.91 Å². The van der Waals surface area contributed by atoms with E-state index >= 15 is 0 Å². The Kier molecular flexibility index (Phi) is 6.17. The van der Waals surface area contributed by atoms with Crippen molar-refractivity contribution < 1.29 is 24.9 Å². The molecule has 0 aliphatic heterocycles. The second-order valence-electron chi connectivity index (χ2n) is 4.30. The quantitative estimate of drug-likeness (QED) is 0.490. The van der Waals surface area contributed by atoms with Gasteiger partial charge in [-0.05, 0) is 12.1 Å². The van der Waals surface area contributed by atoms with E-state index in [9.17, 15) is 20.1 Å². The zero-order valence-corrected chi connectivity index (χ0v) is 11.1. The largest absolute Gasteiger partial charge is 0.489 e. The van der Waals surface area contributed by atoms with Gasteiger partial charge in [-0.3, -0.25) is 4.79 Å². The number of rotatable bonds is 8. The molecule has 0 bridgehead atoms. The van der Waals surface area contributed by atoms with Crippen LogP contribution in [-0.2, 0) is 0 Å². The van der Waals surface area contributed by atoms with Crippen LogP contribution in [0.3, 0.4) is 0 Å². The standard InChI is InChI=1S/C14H19NO5/c1-2-7-20-12-6-4-3-5-11(12)13(19)15-14(8-16,9-17)10-18/h2-6,16-18H,1,7-10H2,(H,15,19). The van der Waals surface area contributed by atoms with E-state index in [1.807, 2.05) is 0 Å². The number of aliphatic hydroxyl groups excluding tert-OH is 3. The first-order valence-electron chi connectivity index (χ1n) is 6.10. The van der Waals surface area contributed by atoms with Crippen molar-refractivity contribution in [2.24, 2.45) is 0 Å². The lowest BCUT2D eigenvalue weighted by Gasteiger charge is -2.28. The second kappa shape index (κ2) is 7.64. The number of nitrogens with one attached hydrogen (secondary N) is 1. The fourth-order valence-corrected chi connectivity index (χ4v) is 1.51. The van der Waals surface area contributed by atoms with E-state index in [1.165, 1.54) is 0 Å². The highest BCUT2D eigenvalue weighted by molar-refractivity contribution is 5.97. The molecule has 0 heterocycles. The molecule has 1 aromatic carbocycles. The van der Waals surface area contributed by atoms with Crippen LogP contribution in [-0.4, -0.2) is 53.2 Å². The third kappa shape index (κ3) is 3.80. The molecule has 0 unspecified atom stereocenters. The lowest BCUT2D eigenvalue weighted by Crippen LogP contribution is -2.57. The maximum Gasteiger partial charge on any atom is 0.255 e. The van der Waals surface area contributed by atoms with Gasteiger partial charge in [-0.1, -0.05) is 24.8 Å². The van der Waals surface area contributed by atoms with Crippen LogP contribution in [0.15, 0.2) is 36.9 Å². The molecule has 110 valence electrons. The van der Waals surface area contributed by atoms with Gasteiger partial charge in [0.25, 0.3) is 5.91 Å². The summed E-state index contributed by atoms with van der Waals surface area (Å²) < 4.78 is 5.36. The molecular formula is C14H19NO5. The number of aliphatic hydroxyl groups is 3. The van der Waals surface area contributed by atoms with Crippen LogP contribution in [0.2, 0.25) is 0 Å². The van der Waals surface area contributed by atoms with Gasteiger partial charge >= 0.3 is 0 Å². The van der Waals surface area contributed by atoms with Crippen molar-refractivity contribution in [1.29, 1.82) is 0 Å². The van der Waals surface area contributed by atoms with Crippen LogP contribution in [0, 0.1) is 0 Å². The van der Waals surface area contributed by atoms with Crippen LogP contribution in [0.1, 0.15) is 10.4 Å². The van der Waals surface area contributed by atoms with Gasteiger partial charge in [-0.25, -0.2) is 0 Å². The SMILES string of the molecule is C=CCOc1ccccc1C(=O)NC(CO)(CO)CO. The third-order valence-corrected chi connectivity index (χ3v) is 2.78. The molecule has 6 heteroatoms. The molecule has 1 aromatic rings. The van der Waals surface area contributed by atoms with Crippen LogP contribution in [0.25, 0.3) is 0 Å². The molecule has 0 aromatic heterocycles. The Bertz CT molecular complexity index is 448. The summed E-state index contributed by atoms with van der Waals surface area (Å²) >= 11 is 0. The van der Waals surface area contributed by atoms with Crippen molar-refractivity contribution in [3.8, 4) is 5.75 Å². The average Bonchev–Trinajstić information content (AvgIpc) is 2.51. The summed E-state index contributed by atoms with van der Waals surface area (Å²) in [5, 5.41) is 30.0. The van der Waals surface area contributed by atoms with E-state index in [2.05, 4.69) is 11.9 Å². The Hall–Kier alpha value is -1.89. The minimum absolute atomic E-state index is 0.245. The molecule has 0 fully saturated rings. The summed E-state index contributed by atoms with van der Waals surface area (Å²) in [6.07, 6.45) is 1.55. The number of amides is 1. The minimum Gasteiger partial charge on any atom is -0.489 e. The van der Waals surface area contributed by atoms with E-state index < -0.39 is 31.3 Å². The molecule has 1 amide bonds. The Morgan fingerprint density at radius 3 is 2.40 bits per heavy atom. The number of benzene rings is 1. The van der Waals surface area contributed by atoms with E-state index in [4.69, 9.17) is 4.74 Å². The fourth-order valence-electron chi connectivity index (χ4n) is 1.51. The predicted molar refractivity (Wildman–Crippen MR) is 73.6 cm³/mol. The topological polar surface area (TPSA) is 99.0 Å². The third-order valence-electron chi connectivity index (χ3n) is 2.78. The molecule has 0 saturated carbocycles. The highest BCUT2D eigenvalue weighted by atomic mass is 16.5. The molecule has 0 aliphatic carbocycles. The number of ether oxygens (including phenoxy) is 1. The first kappa shape index (κ1) is 16.2. The van der Waals surface area contributed by atoms with E-state index in [1.54, 1.807) is 30.3 Å². The van der Waals surface area contributed by atoms with Crippen molar-refractivity contribution in [2.45, 2.75) is 5.54 Å². The highest BCUT2D eigenvalue weighted by Gasteiger charge is 2.31. The Morgan fingerprint density at radius 2 is 1.85 bits per heavy atom. The first-order chi connectivity index (χ1) is 9.62. The van der Waals surface area contributed by atoms with E-state index in [-0.39, 0.29) is 12.2 Å². The van der Waals surface area contributed by atoms with Crippen LogP contribution in [0.4, 0.5) is 0 Å². The number of para-hydroxylation sites is 1. The summed E-state index contributed by atoms with van der Waals surface area (Å²) in [6.45, 7) is 2.02. The zero-order valence-electron chi connectivity index (χ0n) is 11.1. The molecule has 0 saturated heterocycles. The summed E-state index contributed by atoms with van der Waals surface area (Å²) in [7, 11) is 0. The van der Waals surface area contributed by atoms with Gasteiger partial charge < -0.3 is 25.4 Å². The lowest BCUT2D eigenvalue weighted by atomic mass is 10.0. The van der Waals surface area contributed by atoms with Gasteiger partial charge in [0.1, 0.15) is 17.9 Å². The average molecular weight is 281 g/mol. The molecule has 4 N–H and O–H groups in total. The van der Waals surface area contributed by atoms with Crippen LogP contribution in [0.5, 0.6) is 5.75 Å². The van der Waals surface area contributed by atoms with Gasteiger partial charge in [-0.2, -0.15) is 0 Å². The molecule has 0 spiro atoms. The first-order valence-corrected chi connectivity index (χ1v) is 6.10. The molecule has 20 heavy (non-hydrogen) atoms. The van der Waals surface area contributed by atoms with Gasteiger partial charge in [0.2, 0.25) is 0 Å². The summed E-state index contributed by atoms with van der Waals surface area (Å²) in [5.41, 5.74) is -1.23. The van der Waals surface area contributed by atoms with Crippen LogP contribution >= 0.6 is 0 Å². The number of carbonyl (C=O) groups is 1. The van der Waals surface area contributed by atoms with Crippen molar-refractivity contribution in [1.82, 2.24) is 5.32 Å². The highest BCUT2D eigenvalue weighted by Crippen LogP contribution is 2.18. The van der Waals surface area contributed by atoms with Gasteiger partial charge in [0.15, 0.2) is 0 Å². The van der Waals surface area contributed by atoms with Crippen LogP contribution < -0.4 is 10.1 Å². The predicted octanol–water partition coefficient (Wildman–Crippen LogP) is -0.303.